The third-order valence-electron chi connectivity index (χ3n) is 3.02. The van der Waals surface area contributed by atoms with Crippen LogP contribution in [-0.4, -0.2) is 12.8 Å². The van der Waals surface area contributed by atoms with Crippen molar-refractivity contribution in [2.45, 2.75) is 6.42 Å². The average molecular weight is 320 g/mol. The van der Waals surface area contributed by atoms with Crippen molar-refractivity contribution in [2.75, 3.05) is 7.05 Å². The minimum absolute atomic E-state index is 0.0142. The summed E-state index contributed by atoms with van der Waals surface area (Å²) >= 11 is 12.2. The first-order valence-corrected chi connectivity index (χ1v) is 7.27. The Morgan fingerprint density at radius 1 is 1.14 bits per heavy atom. The molecule has 2 rings (SSSR count). The van der Waals surface area contributed by atoms with Gasteiger partial charge in [0.25, 0.3) is 0 Å². The van der Waals surface area contributed by atoms with E-state index in [0.717, 1.165) is 5.56 Å². The molecule has 0 amide bonds. The maximum Gasteiger partial charge on any atom is 0.169 e. The zero-order valence-electron chi connectivity index (χ0n) is 11.6. The van der Waals surface area contributed by atoms with Crippen LogP contribution in [0.15, 0.2) is 54.7 Å². The molecule has 0 atom stereocenters. The highest BCUT2D eigenvalue weighted by molar-refractivity contribution is 6.36. The van der Waals surface area contributed by atoms with Gasteiger partial charge in [-0.05, 0) is 23.8 Å². The first kappa shape index (κ1) is 15.6. The maximum atomic E-state index is 12.6. The molecule has 0 aliphatic heterocycles. The van der Waals surface area contributed by atoms with Gasteiger partial charge in [-0.3, -0.25) is 4.79 Å². The lowest BCUT2D eigenvalue weighted by atomic mass is 9.97. The summed E-state index contributed by atoms with van der Waals surface area (Å²) < 4.78 is 0. The maximum absolute atomic E-state index is 12.6. The molecular weight excluding hydrogens is 305 g/mol. The van der Waals surface area contributed by atoms with Crippen molar-refractivity contribution in [3.05, 3.63) is 75.9 Å². The van der Waals surface area contributed by atoms with E-state index in [2.05, 4.69) is 5.32 Å². The smallest absolute Gasteiger partial charge is 0.169 e. The summed E-state index contributed by atoms with van der Waals surface area (Å²) in [5.41, 5.74) is 2.12. The van der Waals surface area contributed by atoms with Crippen molar-refractivity contribution >= 4 is 34.6 Å². The normalized spacial score (nSPS) is 11.3. The minimum Gasteiger partial charge on any atom is -0.393 e. The molecule has 0 spiro atoms. The molecule has 0 heterocycles. The molecule has 0 aliphatic rings. The van der Waals surface area contributed by atoms with Gasteiger partial charge in [0.1, 0.15) is 0 Å². The zero-order chi connectivity index (χ0) is 15.2. The fourth-order valence-electron chi connectivity index (χ4n) is 2.03. The van der Waals surface area contributed by atoms with E-state index in [9.17, 15) is 4.79 Å². The molecule has 2 aromatic carbocycles. The summed E-state index contributed by atoms with van der Waals surface area (Å²) in [5.74, 6) is -0.0142. The molecule has 0 aliphatic carbocycles. The van der Waals surface area contributed by atoms with E-state index in [-0.39, 0.29) is 5.78 Å². The Labute approximate surface area is 134 Å². The van der Waals surface area contributed by atoms with Crippen LogP contribution in [-0.2, 0) is 11.2 Å². The summed E-state index contributed by atoms with van der Waals surface area (Å²) in [5, 5.41) is 3.94. The molecule has 0 bridgehead atoms. The Morgan fingerprint density at radius 2 is 1.86 bits per heavy atom. The van der Waals surface area contributed by atoms with Crippen LogP contribution in [0.3, 0.4) is 0 Å². The number of nitrogens with one attached hydrogen (secondary N) is 1. The van der Waals surface area contributed by atoms with Crippen LogP contribution in [0, 0.1) is 0 Å². The van der Waals surface area contributed by atoms with Gasteiger partial charge in [0.15, 0.2) is 5.78 Å². The van der Waals surface area contributed by atoms with E-state index in [4.69, 9.17) is 23.2 Å². The number of benzene rings is 2. The van der Waals surface area contributed by atoms with E-state index in [1.165, 1.54) is 0 Å². The number of ketones is 1. The minimum atomic E-state index is -0.0142. The predicted octanol–water partition coefficient (Wildman–Crippen LogP) is 4.37. The summed E-state index contributed by atoms with van der Waals surface area (Å²) in [4.78, 5) is 12.6. The topological polar surface area (TPSA) is 29.1 Å². The van der Waals surface area contributed by atoms with Crippen LogP contribution in [0.25, 0.3) is 5.57 Å². The third-order valence-corrected chi connectivity index (χ3v) is 3.58. The van der Waals surface area contributed by atoms with Gasteiger partial charge >= 0.3 is 0 Å². The van der Waals surface area contributed by atoms with Crippen LogP contribution in [0.5, 0.6) is 0 Å². The van der Waals surface area contributed by atoms with Gasteiger partial charge in [-0.25, -0.2) is 0 Å². The summed E-state index contributed by atoms with van der Waals surface area (Å²) in [7, 11) is 1.74. The molecule has 0 saturated heterocycles. The number of hydrogen-bond donors (Lipinski definition) is 1. The van der Waals surface area contributed by atoms with Crippen LogP contribution in [0.4, 0.5) is 0 Å². The lowest BCUT2D eigenvalue weighted by molar-refractivity contribution is -0.113. The van der Waals surface area contributed by atoms with Gasteiger partial charge in [-0.2, -0.15) is 0 Å². The van der Waals surface area contributed by atoms with Crippen molar-refractivity contribution in [1.29, 1.82) is 0 Å². The molecule has 0 saturated carbocycles. The van der Waals surface area contributed by atoms with Crippen molar-refractivity contribution in [3.8, 4) is 0 Å². The van der Waals surface area contributed by atoms with Crippen molar-refractivity contribution in [2.24, 2.45) is 0 Å². The molecule has 0 radical (unpaired) electrons. The first-order chi connectivity index (χ1) is 10.1. The van der Waals surface area contributed by atoms with E-state index in [1.54, 1.807) is 31.4 Å². The Balaban J connectivity index is 2.33. The van der Waals surface area contributed by atoms with E-state index < -0.39 is 0 Å². The van der Waals surface area contributed by atoms with E-state index in [0.29, 0.717) is 27.6 Å². The molecular formula is C17H15Cl2NO. The number of carbonyl (C=O) groups is 1. The molecule has 0 fully saturated rings. The first-order valence-electron chi connectivity index (χ1n) is 6.52. The number of Topliss-reactive ketones (excluding diaryl/α,β-unsaturated/α-hetero) is 1. The number of rotatable bonds is 5. The second kappa shape index (κ2) is 7.30. The second-order valence-corrected chi connectivity index (χ2v) is 5.40. The van der Waals surface area contributed by atoms with Crippen molar-refractivity contribution in [3.63, 3.8) is 0 Å². The summed E-state index contributed by atoms with van der Waals surface area (Å²) in [6, 6.07) is 14.7. The molecule has 0 aromatic heterocycles. The Bertz CT molecular complexity index is 666. The third kappa shape index (κ3) is 4.10. The number of carbonyl (C=O) groups excluding carboxylic acids is 1. The monoisotopic (exact) mass is 319 g/mol. The standard InChI is InChI=1S/C17H15Cl2NO/c1-20-11-15(14-10-13(18)7-8-16(14)19)17(21)9-12-5-3-2-4-6-12/h2-8,10-11,20H,9H2,1H3. The van der Waals surface area contributed by atoms with Crippen LogP contribution in [0.1, 0.15) is 11.1 Å². The number of hydrogen-bond acceptors (Lipinski definition) is 2. The van der Waals surface area contributed by atoms with Gasteiger partial charge in [0.05, 0.1) is 0 Å². The lowest BCUT2D eigenvalue weighted by Gasteiger charge is -2.10. The molecule has 4 heteroatoms. The fraction of sp³-hybridized carbons (Fsp3) is 0.118. The second-order valence-electron chi connectivity index (χ2n) is 4.56. The molecule has 108 valence electrons. The Kier molecular flexibility index (Phi) is 5.43. The van der Waals surface area contributed by atoms with Gasteiger partial charge in [0.2, 0.25) is 0 Å². The van der Waals surface area contributed by atoms with Gasteiger partial charge in [-0.1, -0.05) is 53.5 Å². The van der Waals surface area contributed by atoms with Crippen molar-refractivity contribution < 1.29 is 4.79 Å². The molecule has 21 heavy (non-hydrogen) atoms. The average Bonchev–Trinajstić information content (AvgIpc) is 2.48. The predicted molar refractivity (Wildman–Crippen MR) is 88.7 cm³/mol. The highest BCUT2D eigenvalue weighted by atomic mass is 35.5. The number of halogens is 2. The largest absolute Gasteiger partial charge is 0.393 e. The van der Waals surface area contributed by atoms with Crippen LogP contribution in [0.2, 0.25) is 10.0 Å². The highest BCUT2D eigenvalue weighted by Gasteiger charge is 2.16. The molecule has 0 unspecified atom stereocenters. The SMILES string of the molecule is CNC=C(C(=O)Cc1ccccc1)c1cc(Cl)ccc1Cl. The highest BCUT2D eigenvalue weighted by Crippen LogP contribution is 2.28. The Hall–Kier alpha value is -1.77. The summed E-state index contributed by atoms with van der Waals surface area (Å²) in [6.07, 6.45) is 1.97. The van der Waals surface area contributed by atoms with E-state index in [1.807, 2.05) is 30.3 Å². The fourth-order valence-corrected chi connectivity index (χ4v) is 2.42. The number of allylic oxidation sites excluding steroid dienone is 1. The molecule has 2 nitrogen and oxygen atoms in total. The zero-order valence-corrected chi connectivity index (χ0v) is 13.1. The van der Waals surface area contributed by atoms with Crippen LogP contribution < -0.4 is 5.32 Å². The van der Waals surface area contributed by atoms with Crippen LogP contribution >= 0.6 is 23.2 Å². The van der Waals surface area contributed by atoms with E-state index >= 15 is 0 Å². The lowest BCUT2D eigenvalue weighted by Crippen LogP contribution is -2.09. The van der Waals surface area contributed by atoms with Crippen molar-refractivity contribution in [1.82, 2.24) is 5.32 Å². The van der Waals surface area contributed by atoms with Gasteiger partial charge in [-0.15, -0.1) is 0 Å². The summed E-state index contributed by atoms with van der Waals surface area (Å²) in [6.45, 7) is 0. The van der Waals surface area contributed by atoms with Gasteiger partial charge < -0.3 is 5.32 Å². The molecule has 1 N–H and O–H groups in total. The quantitative estimate of drug-likeness (QED) is 0.829. The Morgan fingerprint density at radius 3 is 2.52 bits per heavy atom. The van der Waals surface area contributed by atoms with Gasteiger partial charge in [0, 0.05) is 40.9 Å². The molecule has 2 aromatic rings.